The molecule has 0 spiro atoms. The number of rotatable bonds is 4. The molecule has 1 heterocycles. The van der Waals surface area contributed by atoms with Gasteiger partial charge in [0.2, 0.25) is 0 Å². The Morgan fingerprint density at radius 1 is 1.38 bits per heavy atom. The van der Waals surface area contributed by atoms with Crippen LogP contribution in [0.15, 0.2) is 29.4 Å². The second-order valence-corrected chi connectivity index (χ2v) is 5.59. The second-order valence-electron chi connectivity index (χ2n) is 3.13. The molecule has 1 atom stereocenters. The lowest BCUT2D eigenvalue weighted by Crippen LogP contribution is -2.03. The van der Waals surface area contributed by atoms with Crippen LogP contribution in [0.4, 0.5) is 0 Å². The Kier molecular flexibility index (Phi) is 4.67. The van der Waals surface area contributed by atoms with E-state index < -0.39 is 0 Å². The number of aromatic nitrogens is 1. The van der Waals surface area contributed by atoms with E-state index in [2.05, 4.69) is 25.8 Å². The van der Waals surface area contributed by atoms with Crippen LogP contribution in [0.5, 0.6) is 0 Å². The van der Waals surface area contributed by atoms with Crippen LogP contribution in [-0.4, -0.2) is 10.2 Å². The third-order valence-electron chi connectivity index (χ3n) is 1.64. The molecular weight excluding hydrogens is 198 g/mol. The molecule has 1 nitrogen and oxygen atoms in total. The molecule has 0 saturated carbocycles. The van der Waals surface area contributed by atoms with Crippen LogP contribution in [-0.2, 0) is 0 Å². The molecule has 1 radical (unpaired) electrons. The van der Waals surface area contributed by atoms with Crippen molar-refractivity contribution in [3.05, 3.63) is 31.3 Å². The van der Waals surface area contributed by atoms with E-state index in [1.165, 1.54) is 0 Å². The summed E-state index contributed by atoms with van der Waals surface area (Å²) >= 11 is 0. The Hall–Kier alpha value is -0.150. The van der Waals surface area contributed by atoms with Gasteiger partial charge in [0.05, 0.1) is 0 Å². The van der Waals surface area contributed by atoms with Crippen molar-refractivity contribution in [1.29, 1.82) is 0 Å². The number of hydrogen-bond acceptors (Lipinski definition) is 3. The van der Waals surface area contributed by atoms with Gasteiger partial charge < -0.3 is 0 Å². The van der Waals surface area contributed by atoms with Gasteiger partial charge in [-0.3, -0.25) is 0 Å². The van der Waals surface area contributed by atoms with Gasteiger partial charge in [-0.15, -0.1) is 0 Å². The topological polar surface area (TPSA) is 12.9 Å². The molecule has 13 heavy (non-hydrogen) atoms. The summed E-state index contributed by atoms with van der Waals surface area (Å²) < 4.78 is 0. The molecule has 71 valence electrons. The van der Waals surface area contributed by atoms with E-state index in [1.807, 2.05) is 24.4 Å². The molecule has 0 N–H and O–H groups in total. The lowest BCUT2D eigenvalue weighted by molar-refractivity contribution is 0.679. The van der Waals surface area contributed by atoms with Gasteiger partial charge >= 0.3 is 0 Å². The summed E-state index contributed by atoms with van der Waals surface area (Å²) in [6.07, 6.45) is 1.82. The van der Waals surface area contributed by atoms with E-state index >= 15 is 0 Å². The molecule has 1 aromatic heterocycles. The number of pyridine rings is 1. The van der Waals surface area contributed by atoms with Gasteiger partial charge in [0.15, 0.2) is 0 Å². The van der Waals surface area contributed by atoms with E-state index in [0.717, 1.165) is 5.03 Å². The Balaban J connectivity index is 2.35. The lowest BCUT2D eigenvalue weighted by atomic mass is 10.2. The SMILES string of the molecule is [CH2][C@@H](SSc1ccccn1)C(C)C. The fourth-order valence-corrected chi connectivity index (χ4v) is 2.93. The van der Waals surface area contributed by atoms with Crippen molar-refractivity contribution >= 4 is 21.6 Å². The Morgan fingerprint density at radius 3 is 2.69 bits per heavy atom. The minimum absolute atomic E-state index is 0.423. The third-order valence-corrected chi connectivity index (χ3v) is 4.48. The standard InChI is InChI=1S/C10H14NS2/c1-8(2)9(3)12-13-10-6-4-5-7-11-10/h4-9H,3H2,1-2H3/t9-/m1/s1. The Labute approximate surface area is 88.1 Å². The van der Waals surface area contributed by atoms with Crippen molar-refractivity contribution in [2.24, 2.45) is 5.92 Å². The quantitative estimate of drug-likeness (QED) is 0.707. The van der Waals surface area contributed by atoms with E-state index in [0.29, 0.717) is 11.2 Å². The molecule has 0 aliphatic carbocycles. The highest BCUT2D eigenvalue weighted by Gasteiger charge is 2.08. The lowest BCUT2D eigenvalue weighted by Gasteiger charge is -2.12. The van der Waals surface area contributed by atoms with Crippen LogP contribution in [0.25, 0.3) is 0 Å². The average Bonchev–Trinajstić information content (AvgIpc) is 2.15. The van der Waals surface area contributed by atoms with Gasteiger partial charge in [-0.25, -0.2) is 4.98 Å². The summed E-state index contributed by atoms with van der Waals surface area (Å²) in [6.45, 7) is 8.44. The highest BCUT2D eigenvalue weighted by Crippen LogP contribution is 2.35. The summed E-state index contributed by atoms with van der Waals surface area (Å²) in [5, 5.41) is 1.48. The first-order chi connectivity index (χ1) is 6.20. The monoisotopic (exact) mass is 212 g/mol. The largest absolute Gasteiger partial charge is 0.249 e. The molecular formula is C10H14NS2. The van der Waals surface area contributed by atoms with Crippen molar-refractivity contribution in [3.63, 3.8) is 0 Å². The second kappa shape index (κ2) is 5.55. The summed E-state index contributed by atoms with van der Waals surface area (Å²) in [6, 6.07) is 5.95. The first-order valence-electron chi connectivity index (χ1n) is 4.27. The van der Waals surface area contributed by atoms with Crippen molar-refractivity contribution in [3.8, 4) is 0 Å². The van der Waals surface area contributed by atoms with Crippen LogP contribution in [0.1, 0.15) is 13.8 Å². The maximum Gasteiger partial charge on any atom is 0.106 e. The maximum atomic E-state index is 4.22. The highest BCUT2D eigenvalue weighted by atomic mass is 33.1. The highest BCUT2D eigenvalue weighted by molar-refractivity contribution is 8.76. The van der Waals surface area contributed by atoms with Gasteiger partial charge in [0.1, 0.15) is 5.03 Å². The van der Waals surface area contributed by atoms with E-state index in [9.17, 15) is 0 Å². The van der Waals surface area contributed by atoms with Crippen molar-refractivity contribution in [1.82, 2.24) is 4.98 Å². The molecule has 1 aromatic rings. The Bertz CT molecular complexity index is 236. The molecule has 0 bridgehead atoms. The van der Waals surface area contributed by atoms with Crippen LogP contribution < -0.4 is 0 Å². The number of nitrogens with zero attached hydrogens (tertiary/aromatic N) is 1. The normalized spacial score (nSPS) is 13.2. The molecule has 0 fully saturated rings. The predicted molar refractivity (Wildman–Crippen MR) is 61.7 cm³/mol. The molecule has 3 heteroatoms. The summed E-state index contributed by atoms with van der Waals surface area (Å²) in [5.74, 6) is 0.612. The molecule has 0 aromatic carbocycles. The van der Waals surface area contributed by atoms with Gasteiger partial charge in [0, 0.05) is 11.4 Å². The van der Waals surface area contributed by atoms with Gasteiger partial charge in [-0.2, -0.15) is 0 Å². The van der Waals surface area contributed by atoms with Crippen molar-refractivity contribution in [2.75, 3.05) is 0 Å². The van der Waals surface area contributed by atoms with Crippen LogP contribution in [0.3, 0.4) is 0 Å². The summed E-state index contributed by atoms with van der Waals surface area (Å²) in [5.41, 5.74) is 0. The smallest absolute Gasteiger partial charge is 0.106 e. The first-order valence-corrected chi connectivity index (χ1v) is 6.49. The van der Waals surface area contributed by atoms with Gasteiger partial charge in [-0.1, -0.05) is 30.7 Å². The number of hydrogen-bond donors (Lipinski definition) is 0. The Morgan fingerprint density at radius 2 is 2.15 bits per heavy atom. The van der Waals surface area contributed by atoms with Crippen LogP contribution in [0.2, 0.25) is 0 Å². The summed E-state index contributed by atoms with van der Waals surface area (Å²) in [4.78, 5) is 4.22. The van der Waals surface area contributed by atoms with E-state index in [1.54, 1.807) is 21.6 Å². The molecule has 0 amide bonds. The molecule has 0 aliphatic rings. The zero-order chi connectivity index (χ0) is 9.68. The summed E-state index contributed by atoms with van der Waals surface area (Å²) in [7, 11) is 3.48. The first kappa shape index (κ1) is 10.9. The third kappa shape index (κ3) is 4.05. The zero-order valence-electron chi connectivity index (χ0n) is 7.93. The average molecular weight is 212 g/mol. The maximum absolute atomic E-state index is 4.22. The van der Waals surface area contributed by atoms with Crippen LogP contribution >= 0.6 is 21.6 Å². The van der Waals surface area contributed by atoms with Gasteiger partial charge in [-0.05, 0) is 35.8 Å². The van der Waals surface area contributed by atoms with Crippen molar-refractivity contribution < 1.29 is 0 Å². The molecule has 0 aliphatic heterocycles. The predicted octanol–water partition coefficient (Wildman–Crippen LogP) is 3.68. The van der Waals surface area contributed by atoms with Gasteiger partial charge in [0.25, 0.3) is 0 Å². The molecule has 0 unspecified atom stereocenters. The fourth-order valence-electron chi connectivity index (χ4n) is 0.619. The molecule has 1 rings (SSSR count). The van der Waals surface area contributed by atoms with Crippen LogP contribution in [0, 0.1) is 12.8 Å². The zero-order valence-corrected chi connectivity index (χ0v) is 9.57. The molecule has 0 saturated heterocycles. The van der Waals surface area contributed by atoms with Crippen molar-refractivity contribution in [2.45, 2.75) is 24.1 Å². The van der Waals surface area contributed by atoms with E-state index in [-0.39, 0.29) is 0 Å². The van der Waals surface area contributed by atoms with E-state index in [4.69, 9.17) is 0 Å². The minimum atomic E-state index is 0.423. The fraction of sp³-hybridized carbons (Fsp3) is 0.400. The minimum Gasteiger partial charge on any atom is -0.249 e.